The largest absolute Gasteiger partial charge is 0.507 e. The van der Waals surface area contributed by atoms with E-state index in [4.69, 9.17) is 9.47 Å². The zero-order chi connectivity index (χ0) is 29.1. The summed E-state index contributed by atoms with van der Waals surface area (Å²) in [4.78, 5) is 0. The molecule has 5 rings (SSSR count). The van der Waals surface area contributed by atoms with Crippen molar-refractivity contribution < 1.29 is 29.9 Å². The summed E-state index contributed by atoms with van der Waals surface area (Å²) in [7, 11) is 0. The number of aryl methyl sites for hydroxylation is 1. The Bertz CT molecular complexity index is 1590. The van der Waals surface area contributed by atoms with E-state index in [9.17, 15) is 20.4 Å². The van der Waals surface area contributed by atoms with Crippen LogP contribution in [0.15, 0.2) is 92.0 Å². The molecule has 6 nitrogen and oxygen atoms in total. The number of hydrogen-bond acceptors (Lipinski definition) is 6. The van der Waals surface area contributed by atoms with Crippen LogP contribution in [0.1, 0.15) is 40.7 Å². The first-order valence-corrected chi connectivity index (χ1v) is 13.7. The van der Waals surface area contributed by atoms with Gasteiger partial charge in [0, 0.05) is 16.7 Å². The predicted molar refractivity (Wildman–Crippen MR) is 160 cm³/mol. The third kappa shape index (κ3) is 5.39. The molecule has 2 atom stereocenters. The van der Waals surface area contributed by atoms with Gasteiger partial charge in [-0.05, 0) is 84.0 Å². The van der Waals surface area contributed by atoms with E-state index < -0.39 is 12.0 Å². The molecule has 210 valence electrons. The maximum absolute atomic E-state index is 11.3. The van der Waals surface area contributed by atoms with Crippen molar-refractivity contribution in [3.05, 3.63) is 120 Å². The van der Waals surface area contributed by atoms with Gasteiger partial charge in [0.15, 0.2) is 11.5 Å². The van der Waals surface area contributed by atoms with Gasteiger partial charge in [-0.2, -0.15) is 0 Å². The zero-order valence-electron chi connectivity index (χ0n) is 23.0. The Morgan fingerprint density at radius 3 is 2.15 bits per heavy atom. The van der Waals surface area contributed by atoms with E-state index in [1.54, 1.807) is 36.4 Å². The van der Waals surface area contributed by atoms with E-state index in [1.807, 2.05) is 49.4 Å². The number of ether oxygens (including phenoxy) is 2. The average Bonchev–Trinajstić information content (AvgIpc) is 3.38. The fourth-order valence-corrected chi connectivity index (χ4v) is 5.45. The summed E-state index contributed by atoms with van der Waals surface area (Å²) in [6, 6.07) is 19.8. The van der Waals surface area contributed by atoms with Crippen molar-refractivity contribution in [3.8, 4) is 45.6 Å². The summed E-state index contributed by atoms with van der Waals surface area (Å²) >= 11 is 0. The van der Waals surface area contributed by atoms with E-state index in [0.717, 1.165) is 40.7 Å². The van der Waals surface area contributed by atoms with E-state index in [2.05, 4.69) is 13.2 Å². The van der Waals surface area contributed by atoms with Gasteiger partial charge >= 0.3 is 0 Å². The van der Waals surface area contributed by atoms with Crippen LogP contribution in [-0.4, -0.2) is 33.1 Å². The Balaban J connectivity index is 1.60. The number of phenols is 3. The Hall–Kier alpha value is -4.68. The lowest BCUT2D eigenvalue weighted by molar-refractivity contribution is 0.121. The second kappa shape index (κ2) is 11.8. The molecule has 0 unspecified atom stereocenters. The molecule has 0 radical (unpaired) electrons. The number of fused-ring (bicyclic) bond motifs is 1. The molecule has 0 saturated carbocycles. The second-order valence-electron chi connectivity index (χ2n) is 10.2. The number of hydrogen-bond donors (Lipinski definition) is 4. The molecule has 6 heteroatoms. The summed E-state index contributed by atoms with van der Waals surface area (Å²) in [5.41, 5.74) is 5.41. The van der Waals surface area contributed by atoms with Crippen molar-refractivity contribution in [1.82, 2.24) is 0 Å². The summed E-state index contributed by atoms with van der Waals surface area (Å²) in [6.45, 7) is 9.39. The highest BCUT2D eigenvalue weighted by Crippen LogP contribution is 2.54. The third-order valence-corrected chi connectivity index (χ3v) is 7.51. The molecule has 0 fully saturated rings. The Labute approximate surface area is 240 Å². The van der Waals surface area contributed by atoms with Crippen LogP contribution in [0, 0.1) is 0 Å². The summed E-state index contributed by atoms with van der Waals surface area (Å²) in [5.74, 6) is 0.507. The maximum atomic E-state index is 11.3. The first-order chi connectivity index (χ1) is 19.9. The number of allylic oxidation sites excluding steroid dienone is 2. The van der Waals surface area contributed by atoms with Gasteiger partial charge in [0.25, 0.3) is 0 Å². The number of aliphatic hydroxyl groups is 1. The number of rotatable bonds is 10. The maximum Gasteiger partial charge on any atom is 0.201 e. The highest BCUT2D eigenvalue weighted by atomic mass is 16.5. The first kappa shape index (κ1) is 27.9. The van der Waals surface area contributed by atoms with Crippen molar-refractivity contribution in [3.63, 3.8) is 0 Å². The molecule has 1 aliphatic heterocycles. The van der Waals surface area contributed by atoms with Crippen LogP contribution < -0.4 is 9.47 Å². The van der Waals surface area contributed by atoms with Crippen LogP contribution in [0.2, 0.25) is 0 Å². The molecule has 41 heavy (non-hydrogen) atoms. The van der Waals surface area contributed by atoms with Crippen molar-refractivity contribution >= 4 is 0 Å². The van der Waals surface area contributed by atoms with Gasteiger partial charge in [0.05, 0.1) is 12.5 Å². The topological polar surface area (TPSA) is 99.4 Å². The van der Waals surface area contributed by atoms with Crippen molar-refractivity contribution in [2.24, 2.45) is 0 Å². The van der Waals surface area contributed by atoms with Gasteiger partial charge in [-0.25, -0.2) is 0 Å². The van der Waals surface area contributed by atoms with Crippen molar-refractivity contribution in [1.29, 1.82) is 0 Å². The second-order valence-corrected chi connectivity index (χ2v) is 10.2. The molecule has 4 aromatic carbocycles. The fourth-order valence-electron chi connectivity index (χ4n) is 5.45. The number of phenolic OH excluding ortho intramolecular Hbond substituents is 3. The van der Waals surface area contributed by atoms with Crippen LogP contribution in [-0.2, 0) is 19.3 Å². The van der Waals surface area contributed by atoms with E-state index in [-0.39, 0.29) is 35.4 Å². The summed E-state index contributed by atoms with van der Waals surface area (Å²) in [6.07, 6.45) is 4.89. The number of aliphatic hydroxyl groups excluding tert-OH is 1. The van der Waals surface area contributed by atoms with Crippen LogP contribution in [0.25, 0.3) is 11.1 Å². The number of aromatic hydroxyl groups is 3. The predicted octanol–water partition coefficient (Wildman–Crippen LogP) is 7.17. The molecular weight excluding hydrogens is 516 g/mol. The van der Waals surface area contributed by atoms with Crippen molar-refractivity contribution in [2.75, 3.05) is 6.61 Å². The van der Waals surface area contributed by atoms with E-state index in [0.29, 0.717) is 23.3 Å². The minimum absolute atomic E-state index is 0.0222. The SMILES string of the molecule is C=CCc1ccc(Oc2cc(CC=C)c3c(c2O)O[C@@H](CO)[C@@H]3c2ccc(O)c(-c3cc(CC)ccc3O)c2)cc1. The van der Waals surface area contributed by atoms with Gasteiger partial charge in [-0.1, -0.05) is 43.3 Å². The van der Waals surface area contributed by atoms with Crippen LogP contribution in [0.4, 0.5) is 0 Å². The summed E-state index contributed by atoms with van der Waals surface area (Å²) in [5, 5.41) is 43.1. The molecule has 0 saturated heterocycles. The Morgan fingerprint density at radius 2 is 1.49 bits per heavy atom. The lowest BCUT2D eigenvalue weighted by Gasteiger charge is -2.20. The van der Waals surface area contributed by atoms with Gasteiger partial charge in [0.1, 0.15) is 23.4 Å². The van der Waals surface area contributed by atoms with E-state index in [1.165, 1.54) is 0 Å². The Morgan fingerprint density at radius 1 is 0.829 bits per heavy atom. The average molecular weight is 551 g/mol. The molecule has 0 aliphatic carbocycles. The molecule has 0 bridgehead atoms. The molecule has 0 amide bonds. The molecule has 0 aromatic heterocycles. The molecule has 1 aliphatic rings. The minimum Gasteiger partial charge on any atom is -0.507 e. The molecule has 4 N–H and O–H groups in total. The lowest BCUT2D eigenvalue weighted by Crippen LogP contribution is -2.24. The smallest absolute Gasteiger partial charge is 0.201 e. The standard InChI is InChI=1S/C35H34O6/c1-4-7-22-9-13-25(14-10-22)40-30-19-23(8-5-2)33-32(31(20-36)41-35(33)34(30)39)24-12-16-29(38)27(18-24)26-17-21(6-3)11-15-28(26)37/h4-5,9-19,31-32,36-39H,1-2,6-8,20H2,3H3/t31-,32-/m0/s1. The molecular formula is C35H34O6. The van der Waals surface area contributed by atoms with Gasteiger partial charge in [0.2, 0.25) is 5.75 Å². The quantitative estimate of drug-likeness (QED) is 0.156. The molecule has 1 heterocycles. The third-order valence-electron chi connectivity index (χ3n) is 7.51. The van der Waals surface area contributed by atoms with Gasteiger partial charge in [-0.3, -0.25) is 0 Å². The normalized spacial score (nSPS) is 15.7. The van der Waals surface area contributed by atoms with Crippen LogP contribution >= 0.6 is 0 Å². The van der Waals surface area contributed by atoms with Gasteiger partial charge < -0.3 is 29.9 Å². The highest BCUT2D eigenvalue weighted by molar-refractivity contribution is 5.77. The summed E-state index contributed by atoms with van der Waals surface area (Å²) < 4.78 is 12.2. The lowest BCUT2D eigenvalue weighted by atomic mass is 9.83. The van der Waals surface area contributed by atoms with Crippen molar-refractivity contribution in [2.45, 2.75) is 38.2 Å². The molecule has 4 aromatic rings. The van der Waals surface area contributed by atoms with Crippen LogP contribution in [0.5, 0.6) is 34.5 Å². The Kier molecular flexibility index (Phi) is 8.04. The fraction of sp³-hybridized carbons (Fsp3) is 0.200. The monoisotopic (exact) mass is 550 g/mol. The molecule has 0 spiro atoms. The zero-order valence-corrected chi connectivity index (χ0v) is 23.0. The number of benzene rings is 4. The van der Waals surface area contributed by atoms with Gasteiger partial charge in [-0.15, -0.1) is 13.2 Å². The van der Waals surface area contributed by atoms with Crippen LogP contribution in [0.3, 0.4) is 0 Å². The minimum atomic E-state index is -0.694. The first-order valence-electron chi connectivity index (χ1n) is 13.7. The van der Waals surface area contributed by atoms with E-state index >= 15 is 0 Å². The highest BCUT2D eigenvalue weighted by Gasteiger charge is 2.40.